The van der Waals surface area contributed by atoms with Crippen LogP contribution >= 0.6 is 0 Å². The monoisotopic (exact) mass is 478 g/mol. The van der Waals surface area contributed by atoms with Crippen LogP contribution in [0.3, 0.4) is 0 Å². The number of hydrogen-bond acceptors (Lipinski definition) is 6. The van der Waals surface area contributed by atoms with E-state index in [0.717, 1.165) is 5.56 Å². The number of aryl methyl sites for hydroxylation is 2. The summed E-state index contributed by atoms with van der Waals surface area (Å²) in [4.78, 5) is 13.0. The minimum Gasteiger partial charge on any atom is -0.490 e. The molecule has 2 heterocycles. The van der Waals surface area contributed by atoms with E-state index in [2.05, 4.69) is 15.5 Å². The maximum atomic E-state index is 13.1. The third-order valence-corrected chi connectivity index (χ3v) is 7.86. The average molecular weight is 479 g/mol. The van der Waals surface area contributed by atoms with Gasteiger partial charge in [-0.25, -0.2) is 8.42 Å². The van der Waals surface area contributed by atoms with E-state index >= 15 is 0 Å². The van der Waals surface area contributed by atoms with Crippen LogP contribution in [0, 0.1) is 19.8 Å². The van der Waals surface area contributed by atoms with E-state index in [4.69, 9.17) is 9.47 Å². The van der Waals surface area contributed by atoms with E-state index in [-0.39, 0.29) is 23.3 Å². The normalized spacial score (nSPS) is 17.0. The fraction of sp³-hybridized carbons (Fsp3) is 0.565. The van der Waals surface area contributed by atoms with Crippen LogP contribution in [-0.4, -0.2) is 61.7 Å². The van der Waals surface area contributed by atoms with Crippen molar-refractivity contribution in [1.29, 1.82) is 0 Å². The molecule has 1 atom stereocenters. The lowest BCUT2D eigenvalue weighted by molar-refractivity contribution is -0.126. The van der Waals surface area contributed by atoms with E-state index in [1.807, 2.05) is 32.0 Å². The summed E-state index contributed by atoms with van der Waals surface area (Å²) < 4.78 is 38.9. The third-order valence-electron chi connectivity index (χ3n) is 5.73. The van der Waals surface area contributed by atoms with E-state index in [1.54, 1.807) is 13.8 Å². The van der Waals surface area contributed by atoms with Gasteiger partial charge in [0.2, 0.25) is 15.9 Å². The number of sulfonamides is 1. The Morgan fingerprint density at radius 3 is 2.61 bits per heavy atom. The first-order chi connectivity index (χ1) is 15.8. The Morgan fingerprint density at radius 2 is 1.94 bits per heavy atom. The largest absolute Gasteiger partial charge is 0.490 e. The molecular weight excluding hydrogens is 444 g/mol. The summed E-state index contributed by atoms with van der Waals surface area (Å²) >= 11 is 0. The van der Waals surface area contributed by atoms with Crippen molar-refractivity contribution in [3.8, 4) is 11.5 Å². The van der Waals surface area contributed by atoms with Crippen LogP contribution in [0.5, 0.6) is 11.5 Å². The molecule has 1 aromatic carbocycles. The first-order valence-corrected chi connectivity index (χ1v) is 12.9. The van der Waals surface area contributed by atoms with Crippen LogP contribution < -0.4 is 14.8 Å². The molecule has 1 fully saturated rings. The summed E-state index contributed by atoms with van der Waals surface area (Å²) in [5, 5.41) is 9.71. The molecule has 2 aromatic rings. The lowest BCUT2D eigenvalue weighted by Crippen LogP contribution is -2.45. The Kier molecular flexibility index (Phi) is 8.36. The Morgan fingerprint density at radius 1 is 1.21 bits per heavy atom. The Hall–Kier alpha value is -2.59. The number of benzene rings is 1. The zero-order chi connectivity index (χ0) is 24.0. The number of carbonyl (C=O) groups is 1. The van der Waals surface area contributed by atoms with Crippen LogP contribution in [-0.2, 0) is 21.2 Å². The SMILES string of the molecule is CCOc1ccc(CCNC(=O)[C@H]2CCCN(S(=O)(=O)c3c(C)n[nH]c3C)C2)cc1OCC. The van der Waals surface area contributed by atoms with Crippen molar-refractivity contribution in [3.05, 3.63) is 35.2 Å². The number of nitrogens with one attached hydrogen (secondary N) is 2. The first kappa shape index (κ1) is 25.0. The quantitative estimate of drug-likeness (QED) is 0.543. The number of rotatable bonds is 10. The van der Waals surface area contributed by atoms with Gasteiger partial charge in [-0.05, 0) is 64.7 Å². The second-order valence-electron chi connectivity index (χ2n) is 8.15. The van der Waals surface area contributed by atoms with Gasteiger partial charge >= 0.3 is 0 Å². The molecular formula is C23H34N4O5S. The van der Waals surface area contributed by atoms with E-state index in [9.17, 15) is 13.2 Å². The molecule has 33 heavy (non-hydrogen) atoms. The number of amides is 1. The van der Waals surface area contributed by atoms with E-state index in [1.165, 1.54) is 4.31 Å². The average Bonchev–Trinajstić information content (AvgIpc) is 3.14. The lowest BCUT2D eigenvalue weighted by Gasteiger charge is -2.31. The predicted molar refractivity (Wildman–Crippen MR) is 125 cm³/mol. The topological polar surface area (TPSA) is 114 Å². The second-order valence-corrected chi connectivity index (χ2v) is 10.0. The summed E-state index contributed by atoms with van der Waals surface area (Å²) in [6.07, 6.45) is 1.95. The lowest BCUT2D eigenvalue weighted by atomic mass is 9.99. The highest BCUT2D eigenvalue weighted by atomic mass is 32.2. The van der Waals surface area contributed by atoms with Gasteiger partial charge in [-0.2, -0.15) is 9.40 Å². The summed E-state index contributed by atoms with van der Waals surface area (Å²) in [7, 11) is -3.70. The standard InChI is InChI=1S/C23H34N4O5S/c1-5-31-20-10-9-18(14-21(20)32-6-2)11-12-24-23(28)19-8-7-13-27(15-19)33(29,30)22-16(3)25-26-17(22)4/h9-10,14,19H,5-8,11-13,15H2,1-4H3,(H,24,28)(H,25,26)/t19-/m0/s1. The van der Waals surface area contributed by atoms with Gasteiger partial charge < -0.3 is 14.8 Å². The number of ether oxygens (including phenoxy) is 2. The minimum atomic E-state index is -3.70. The Bertz CT molecular complexity index is 1050. The van der Waals surface area contributed by atoms with E-state index < -0.39 is 10.0 Å². The Labute approximate surface area is 195 Å². The molecule has 9 nitrogen and oxygen atoms in total. The van der Waals surface area contributed by atoms with Crippen molar-refractivity contribution in [2.24, 2.45) is 5.92 Å². The summed E-state index contributed by atoms with van der Waals surface area (Å²) in [5.74, 6) is 0.909. The number of piperidine rings is 1. The zero-order valence-corrected chi connectivity index (χ0v) is 20.6. The summed E-state index contributed by atoms with van der Waals surface area (Å²) in [5.41, 5.74) is 1.99. The van der Waals surface area contributed by atoms with Crippen LogP contribution in [0.2, 0.25) is 0 Å². The van der Waals surface area contributed by atoms with Crippen LogP contribution in [0.1, 0.15) is 43.6 Å². The second kappa shape index (κ2) is 11.0. The molecule has 0 spiro atoms. The highest BCUT2D eigenvalue weighted by molar-refractivity contribution is 7.89. The number of aromatic amines is 1. The number of nitrogens with zero attached hydrogens (tertiary/aromatic N) is 2. The molecule has 10 heteroatoms. The fourth-order valence-electron chi connectivity index (χ4n) is 4.15. The number of hydrogen-bond donors (Lipinski definition) is 2. The van der Waals surface area contributed by atoms with Crippen molar-refractivity contribution in [1.82, 2.24) is 19.8 Å². The van der Waals surface area contributed by atoms with E-state index in [0.29, 0.717) is 68.5 Å². The van der Waals surface area contributed by atoms with Gasteiger partial charge in [0, 0.05) is 19.6 Å². The van der Waals surface area contributed by atoms with Crippen molar-refractivity contribution in [2.75, 3.05) is 32.8 Å². The number of aromatic nitrogens is 2. The maximum Gasteiger partial charge on any atom is 0.246 e. The van der Waals surface area contributed by atoms with Gasteiger partial charge in [0.15, 0.2) is 11.5 Å². The highest BCUT2D eigenvalue weighted by Gasteiger charge is 2.35. The van der Waals surface area contributed by atoms with Crippen molar-refractivity contribution in [2.45, 2.75) is 51.9 Å². The fourth-order valence-corrected chi connectivity index (χ4v) is 6.01. The van der Waals surface area contributed by atoms with Gasteiger partial charge in [0.1, 0.15) is 4.90 Å². The smallest absolute Gasteiger partial charge is 0.246 e. The minimum absolute atomic E-state index is 0.119. The molecule has 0 saturated carbocycles. The molecule has 1 aliphatic heterocycles. The number of carbonyl (C=O) groups excluding carboxylic acids is 1. The summed E-state index contributed by atoms with van der Waals surface area (Å²) in [6, 6.07) is 5.78. The molecule has 1 amide bonds. The maximum absolute atomic E-state index is 13.1. The van der Waals surface area contributed by atoms with Gasteiger partial charge in [0.25, 0.3) is 0 Å². The van der Waals surface area contributed by atoms with Gasteiger partial charge in [-0.3, -0.25) is 9.89 Å². The molecule has 0 radical (unpaired) electrons. The first-order valence-electron chi connectivity index (χ1n) is 11.5. The third kappa shape index (κ3) is 5.86. The molecule has 0 unspecified atom stereocenters. The van der Waals surface area contributed by atoms with Gasteiger partial charge in [0.05, 0.1) is 30.5 Å². The van der Waals surface area contributed by atoms with Gasteiger partial charge in [-0.15, -0.1) is 0 Å². The van der Waals surface area contributed by atoms with Crippen molar-refractivity contribution < 1.29 is 22.7 Å². The van der Waals surface area contributed by atoms with Crippen LogP contribution in [0.4, 0.5) is 0 Å². The van der Waals surface area contributed by atoms with Crippen molar-refractivity contribution >= 4 is 15.9 Å². The van der Waals surface area contributed by atoms with Crippen molar-refractivity contribution in [3.63, 3.8) is 0 Å². The molecule has 182 valence electrons. The van der Waals surface area contributed by atoms with Crippen LogP contribution in [0.25, 0.3) is 0 Å². The molecule has 0 bridgehead atoms. The zero-order valence-electron chi connectivity index (χ0n) is 19.8. The van der Waals surface area contributed by atoms with Gasteiger partial charge in [-0.1, -0.05) is 6.07 Å². The molecule has 3 rings (SSSR count). The molecule has 1 saturated heterocycles. The number of H-pyrrole nitrogens is 1. The van der Waals surface area contributed by atoms with Crippen LogP contribution in [0.15, 0.2) is 23.1 Å². The molecule has 0 aliphatic carbocycles. The molecule has 2 N–H and O–H groups in total. The highest BCUT2D eigenvalue weighted by Crippen LogP contribution is 2.29. The summed E-state index contributed by atoms with van der Waals surface area (Å²) in [6.45, 7) is 9.35. The molecule has 1 aliphatic rings. The predicted octanol–water partition coefficient (Wildman–Crippen LogP) is 2.58. The Balaban J connectivity index is 1.58. The molecule has 1 aromatic heterocycles.